The van der Waals surface area contributed by atoms with Gasteiger partial charge in [0.1, 0.15) is 19.8 Å². The molecule has 0 aromatic carbocycles. The fraction of sp³-hybridized carbons (Fsp3) is 0.800. The number of quaternary nitrogens is 1. The molecule has 0 spiro atoms. The van der Waals surface area contributed by atoms with E-state index in [2.05, 4.69) is 50.3 Å². The fourth-order valence-corrected chi connectivity index (χ4v) is 7.35. The van der Waals surface area contributed by atoms with Crippen molar-refractivity contribution in [2.75, 3.05) is 47.5 Å². The largest absolute Gasteiger partial charge is 0.756 e. The number of allylic oxidation sites excluding steroid dienone is 7. The second-order valence-electron chi connectivity index (χ2n) is 17.8. The van der Waals surface area contributed by atoms with E-state index in [9.17, 15) is 29.3 Å². The quantitative estimate of drug-likeness (QED) is 0.0199. The number of carbonyl (C=O) groups excluding carboxylic acids is 2. The summed E-state index contributed by atoms with van der Waals surface area (Å²) in [6, 6.07) is 0. The van der Waals surface area contributed by atoms with Gasteiger partial charge in [-0.2, -0.15) is 0 Å². The van der Waals surface area contributed by atoms with Crippen molar-refractivity contribution in [2.24, 2.45) is 0 Å². The zero-order chi connectivity index (χ0) is 46.0. The summed E-state index contributed by atoms with van der Waals surface area (Å²) in [6.45, 7) is 3.79. The molecule has 4 atom stereocenters. The molecule has 2 N–H and O–H groups in total. The van der Waals surface area contributed by atoms with Gasteiger partial charge >= 0.3 is 11.9 Å². The predicted octanol–water partition coefficient (Wildman–Crippen LogP) is 11.6. The van der Waals surface area contributed by atoms with Gasteiger partial charge in [-0.1, -0.05) is 178 Å². The Labute approximate surface area is 379 Å². The van der Waals surface area contributed by atoms with Crippen LogP contribution in [0.15, 0.2) is 48.6 Å². The Morgan fingerprint density at radius 1 is 0.581 bits per heavy atom. The van der Waals surface area contributed by atoms with Crippen LogP contribution < -0.4 is 4.89 Å². The molecule has 0 saturated heterocycles. The highest BCUT2D eigenvalue weighted by Gasteiger charge is 2.22. The molecule has 0 amide bonds. The molecular weight excluding hydrogens is 806 g/mol. The normalized spacial score (nSPS) is 14.9. The standard InChI is InChI=1S/C50H92NO10P/c1-6-8-10-12-14-16-18-20-21-22-23-24-25-26-28-30-32-34-36-40-49(54)58-44-46(45-60-62(56,57)59-43-42-51(3,4)5)61-50(55)41-37-39-48(53)47(52)38-35-33-31-29-27-19-17-15-13-11-9-7-2/h9,11,15,17,27,29,33,35,46-48,52-53H,6-8,10,12-14,16,18-26,28,30-32,34,36-45H2,1-5H3/b11-9-,17-15-,29-27-,35-33-/t46-,47-,48-/m1/s1. The maximum atomic E-state index is 12.7. The average Bonchev–Trinajstić information content (AvgIpc) is 3.22. The fourth-order valence-electron chi connectivity index (χ4n) is 6.63. The van der Waals surface area contributed by atoms with Gasteiger partial charge in [-0.25, -0.2) is 0 Å². The van der Waals surface area contributed by atoms with E-state index in [1.54, 1.807) is 0 Å². The number of phosphoric acid groups is 1. The lowest BCUT2D eigenvalue weighted by Gasteiger charge is -2.28. The minimum Gasteiger partial charge on any atom is -0.756 e. The molecule has 0 aliphatic heterocycles. The van der Waals surface area contributed by atoms with E-state index >= 15 is 0 Å². The molecule has 0 rings (SSSR count). The first-order valence-corrected chi connectivity index (χ1v) is 26.0. The maximum Gasteiger partial charge on any atom is 0.306 e. The van der Waals surface area contributed by atoms with Crippen LogP contribution in [-0.4, -0.2) is 92.5 Å². The summed E-state index contributed by atoms with van der Waals surface area (Å²) in [7, 11) is 0.988. The molecule has 0 aliphatic carbocycles. The maximum absolute atomic E-state index is 12.7. The van der Waals surface area contributed by atoms with Crippen LogP contribution in [0.5, 0.6) is 0 Å². The van der Waals surface area contributed by atoms with E-state index in [0.717, 1.165) is 44.9 Å². The van der Waals surface area contributed by atoms with Crippen LogP contribution >= 0.6 is 7.82 Å². The second-order valence-corrected chi connectivity index (χ2v) is 19.2. The summed E-state index contributed by atoms with van der Waals surface area (Å²) >= 11 is 0. The van der Waals surface area contributed by atoms with Gasteiger partial charge in [-0.15, -0.1) is 0 Å². The summed E-state index contributed by atoms with van der Waals surface area (Å²) in [5.41, 5.74) is 0. The van der Waals surface area contributed by atoms with Crippen molar-refractivity contribution in [3.8, 4) is 0 Å². The van der Waals surface area contributed by atoms with Crippen molar-refractivity contribution in [2.45, 2.75) is 212 Å². The number of hydrogen-bond acceptors (Lipinski definition) is 10. The summed E-state index contributed by atoms with van der Waals surface area (Å²) in [4.78, 5) is 37.7. The van der Waals surface area contributed by atoms with Gasteiger partial charge in [0, 0.05) is 12.8 Å². The third-order valence-electron chi connectivity index (χ3n) is 10.6. The number of phosphoric ester groups is 1. The van der Waals surface area contributed by atoms with Gasteiger partial charge in [0.25, 0.3) is 7.82 Å². The van der Waals surface area contributed by atoms with E-state index in [4.69, 9.17) is 18.5 Å². The van der Waals surface area contributed by atoms with Crippen LogP contribution in [0.25, 0.3) is 0 Å². The lowest BCUT2D eigenvalue weighted by Crippen LogP contribution is -2.37. The van der Waals surface area contributed by atoms with Gasteiger partial charge in [0.15, 0.2) is 6.10 Å². The van der Waals surface area contributed by atoms with Crippen LogP contribution in [0.1, 0.15) is 194 Å². The molecule has 62 heavy (non-hydrogen) atoms. The van der Waals surface area contributed by atoms with Crippen molar-refractivity contribution < 1.29 is 52.3 Å². The molecule has 12 heteroatoms. The van der Waals surface area contributed by atoms with Gasteiger partial charge in [0.05, 0.1) is 40.0 Å². The number of carbonyl (C=O) groups is 2. The van der Waals surface area contributed by atoms with Crippen molar-refractivity contribution >= 4 is 19.8 Å². The molecule has 0 bridgehead atoms. The molecule has 1 unspecified atom stereocenters. The molecule has 0 heterocycles. The molecule has 362 valence electrons. The topological polar surface area (TPSA) is 152 Å². The van der Waals surface area contributed by atoms with Crippen molar-refractivity contribution in [3.05, 3.63) is 48.6 Å². The van der Waals surface area contributed by atoms with Crippen molar-refractivity contribution in [3.63, 3.8) is 0 Å². The Hall–Kier alpha value is -2.11. The number of nitrogens with zero attached hydrogens (tertiary/aromatic N) is 1. The van der Waals surface area contributed by atoms with E-state index in [-0.39, 0.29) is 45.3 Å². The number of hydrogen-bond donors (Lipinski definition) is 2. The Kier molecular flexibility index (Phi) is 40.2. The van der Waals surface area contributed by atoms with Crippen LogP contribution in [0.2, 0.25) is 0 Å². The molecule has 0 aliphatic rings. The van der Waals surface area contributed by atoms with Gasteiger partial charge < -0.3 is 38.1 Å². The number of likely N-dealkylation sites (N-methyl/N-ethyl adjacent to an activating group) is 1. The second kappa shape index (κ2) is 41.6. The number of rotatable bonds is 44. The van der Waals surface area contributed by atoms with Crippen molar-refractivity contribution in [1.29, 1.82) is 0 Å². The first-order valence-electron chi connectivity index (χ1n) is 24.5. The van der Waals surface area contributed by atoms with Gasteiger partial charge in [0.2, 0.25) is 0 Å². The Balaban J connectivity index is 4.49. The lowest BCUT2D eigenvalue weighted by molar-refractivity contribution is -0.870. The zero-order valence-corrected chi connectivity index (χ0v) is 40.9. The number of aliphatic hydroxyl groups excluding tert-OH is 2. The van der Waals surface area contributed by atoms with Crippen molar-refractivity contribution in [1.82, 2.24) is 0 Å². The highest BCUT2D eigenvalue weighted by Crippen LogP contribution is 2.38. The lowest BCUT2D eigenvalue weighted by atomic mass is 10.0. The van der Waals surface area contributed by atoms with Gasteiger partial charge in [-0.3, -0.25) is 14.2 Å². The summed E-state index contributed by atoms with van der Waals surface area (Å²) in [5, 5.41) is 20.8. The average molecular weight is 898 g/mol. The predicted molar refractivity (Wildman–Crippen MR) is 252 cm³/mol. The SMILES string of the molecule is CC/C=C\C/C=C\C/C=C\C/C=C\C[C@@H](O)[C@H](O)CCCC(=O)O[C@H](COC(=O)CCCCCCCCCCCCCCCCCCCCC)COP(=O)([O-])OCC[N+](C)(C)C. The van der Waals surface area contributed by atoms with E-state index in [1.807, 2.05) is 33.3 Å². The van der Waals surface area contributed by atoms with E-state index in [1.165, 1.54) is 96.3 Å². The minimum atomic E-state index is -4.71. The summed E-state index contributed by atoms with van der Waals surface area (Å²) < 4.78 is 33.8. The molecule has 0 aromatic heterocycles. The van der Waals surface area contributed by atoms with Crippen LogP contribution in [-0.2, 0) is 32.7 Å². The monoisotopic (exact) mass is 898 g/mol. The Morgan fingerprint density at radius 3 is 1.52 bits per heavy atom. The Bertz CT molecular complexity index is 1230. The van der Waals surface area contributed by atoms with Crippen LogP contribution in [0, 0.1) is 0 Å². The van der Waals surface area contributed by atoms with Gasteiger partial charge in [-0.05, 0) is 51.4 Å². The number of aliphatic hydroxyl groups is 2. The summed E-state index contributed by atoms with van der Waals surface area (Å²) in [6.07, 6.45) is 41.7. The molecule has 0 aromatic rings. The first kappa shape index (κ1) is 59.9. The molecule has 11 nitrogen and oxygen atoms in total. The highest BCUT2D eigenvalue weighted by atomic mass is 31.2. The number of unbranched alkanes of at least 4 members (excludes halogenated alkanes) is 18. The third-order valence-corrected chi connectivity index (χ3v) is 11.5. The van der Waals surface area contributed by atoms with E-state index in [0.29, 0.717) is 17.4 Å². The molecule has 0 saturated carbocycles. The smallest absolute Gasteiger partial charge is 0.306 e. The zero-order valence-electron chi connectivity index (χ0n) is 40.0. The van der Waals surface area contributed by atoms with E-state index < -0.39 is 44.7 Å². The highest BCUT2D eigenvalue weighted by molar-refractivity contribution is 7.45. The Morgan fingerprint density at radius 2 is 1.03 bits per heavy atom. The minimum absolute atomic E-state index is 0.0837. The number of ether oxygens (including phenoxy) is 2. The first-order chi connectivity index (χ1) is 29.8. The number of esters is 2. The molecular formula is C50H92NO10P. The molecule has 0 fully saturated rings. The summed E-state index contributed by atoms with van der Waals surface area (Å²) in [5.74, 6) is -1.12. The van der Waals surface area contributed by atoms with Crippen LogP contribution in [0.4, 0.5) is 0 Å². The third kappa shape index (κ3) is 43.2. The molecule has 0 radical (unpaired) electrons. The van der Waals surface area contributed by atoms with Crippen LogP contribution in [0.3, 0.4) is 0 Å².